The second-order valence-corrected chi connectivity index (χ2v) is 5.54. The fraction of sp³-hybridized carbons (Fsp3) is 0.0667. The summed E-state index contributed by atoms with van der Waals surface area (Å²) < 4.78 is 0.976. The minimum atomic E-state index is -0.459. The minimum Gasteiger partial charge on any atom is -0.291 e. The Labute approximate surface area is 124 Å². The molecule has 3 rings (SSSR count). The molecule has 0 atom stereocenters. The van der Waals surface area contributed by atoms with E-state index in [2.05, 4.69) is 4.98 Å². The highest BCUT2D eigenvalue weighted by Crippen LogP contribution is 2.23. The maximum Gasteiger partial charge on any atom is 0.269 e. The predicted molar refractivity (Wildman–Crippen MR) is 80.8 cm³/mol. The first-order valence-corrected chi connectivity index (χ1v) is 7.07. The van der Waals surface area contributed by atoms with Crippen LogP contribution >= 0.6 is 11.3 Å². The molecule has 0 saturated carbocycles. The van der Waals surface area contributed by atoms with Crippen molar-refractivity contribution in [3.05, 3.63) is 69.2 Å². The summed E-state index contributed by atoms with van der Waals surface area (Å²) in [4.78, 5) is 26.7. The van der Waals surface area contributed by atoms with E-state index in [1.807, 2.05) is 24.3 Å². The summed E-state index contributed by atoms with van der Waals surface area (Å²) in [6.45, 7) is 0. The number of benzene rings is 2. The van der Waals surface area contributed by atoms with Gasteiger partial charge in [0.15, 0.2) is 10.8 Å². The van der Waals surface area contributed by atoms with Crippen molar-refractivity contribution in [2.45, 2.75) is 6.42 Å². The first kappa shape index (κ1) is 13.4. The summed E-state index contributed by atoms with van der Waals surface area (Å²) in [5.41, 5.74) is 1.57. The van der Waals surface area contributed by atoms with Crippen molar-refractivity contribution < 1.29 is 9.72 Å². The van der Waals surface area contributed by atoms with Crippen LogP contribution in [0.25, 0.3) is 10.2 Å². The number of Topliss-reactive ketones (excluding diaryl/α,β-unsaturated/α-hetero) is 1. The highest BCUT2D eigenvalue weighted by molar-refractivity contribution is 7.20. The van der Waals surface area contributed by atoms with Crippen molar-refractivity contribution in [3.63, 3.8) is 0 Å². The van der Waals surface area contributed by atoms with Crippen LogP contribution in [0.15, 0.2) is 48.5 Å². The highest BCUT2D eigenvalue weighted by Gasteiger charge is 2.13. The maximum atomic E-state index is 12.2. The van der Waals surface area contributed by atoms with E-state index in [1.54, 1.807) is 12.1 Å². The van der Waals surface area contributed by atoms with Gasteiger partial charge in [0, 0.05) is 18.6 Å². The molecule has 0 saturated heterocycles. The van der Waals surface area contributed by atoms with Crippen LogP contribution in [-0.2, 0) is 6.42 Å². The third-order valence-electron chi connectivity index (χ3n) is 3.04. The summed E-state index contributed by atoms with van der Waals surface area (Å²) >= 11 is 1.36. The van der Waals surface area contributed by atoms with Crippen molar-refractivity contribution in [2.75, 3.05) is 0 Å². The zero-order chi connectivity index (χ0) is 14.8. The SMILES string of the molecule is O=C(Cc1ccc([N+](=O)[O-])cc1)c1nc2ccccc2s1. The van der Waals surface area contributed by atoms with Crippen LogP contribution in [0.2, 0.25) is 0 Å². The summed E-state index contributed by atoms with van der Waals surface area (Å²) in [6, 6.07) is 13.6. The van der Waals surface area contributed by atoms with Gasteiger partial charge in [0.1, 0.15) is 0 Å². The lowest BCUT2D eigenvalue weighted by molar-refractivity contribution is -0.384. The first-order valence-electron chi connectivity index (χ1n) is 6.25. The number of carbonyl (C=O) groups is 1. The van der Waals surface area contributed by atoms with E-state index in [0.29, 0.717) is 5.01 Å². The molecule has 104 valence electrons. The van der Waals surface area contributed by atoms with Crippen LogP contribution in [0.1, 0.15) is 15.4 Å². The van der Waals surface area contributed by atoms with E-state index in [-0.39, 0.29) is 17.9 Å². The lowest BCUT2D eigenvalue weighted by atomic mass is 10.1. The van der Waals surface area contributed by atoms with Gasteiger partial charge in [-0.05, 0) is 17.7 Å². The summed E-state index contributed by atoms with van der Waals surface area (Å²) in [5, 5.41) is 11.1. The first-order chi connectivity index (χ1) is 10.1. The lowest BCUT2D eigenvalue weighted by Crippen LogP contribution is -2.02. The number of rotatable bonds is 4. The molecule has 0 unspecified atom stereocenters. The number of fused-ring (bicyclic) bond motifs is 1. The number of para-hydroxylation sites is 1. The Morgan fingerprint density at radius 1 is 1.14 bits per heavy atom. The molecular weight excluding hydrogens is 288 g/mol. The van der Waals surface area contributed by atoms with Gasteiger partial charge >= 0.3 is 0 Å². The Morgan fingerprint density at radius 2 is 1.86 bits per heavy atom. The van der Waals surface area contributed by atoms with Crippen LogP contribution in [0.5, 0.6) is 0 Å². The summed E-state index contributed by atoms with van der Waals surface area (Å²) in [7, 11) is 0. The fourth-order valence-electron chi connectivity index (χ4n) is 1.99. The molecule has 5 nitrogen and oxygen atoms in total. The molecule has 3 aromatic rings. The van der Waals surface area contributed by atoms with Gasteiger partial charge in [-0.15, -0.1) is 11.3 Å². The molecule has 6 heteroatoms. The van der Waals surface area contributed by atoms with Crippen molar-refractivity contribution in [3.8, 4) is 0 Å². The molecular formula is C15H10N2O3S. The fourth-order valence-corrected chi connectivity index (χ4v) is 2.89. The molecule has 0 radical (unpaired) electrons. The van der Waals surface area contributed by atoms with E-state index in [9.17, 15) is 14.9 Å². The molecule has 1 heterocycles. The third-order valence-corrected chi connectivity index (χ3v) is 4.12. The molecule has 0 bridgehead atoms. The van der Waals surface area contributed by atoms with E-state index < -0.39 is 4.92 Å². The van der Waals surface area contributed by atoms with Crippen molar-refractivity contribution in [2.24, 2.45) is 0 Å². The zero-order valence-electron chi connectivity index (χ0n) is 10.9. The molecule has 2 aromatic carbocycles. The van der Waals surface area contributed by atoms with Crippen molar-refractivity contribution >= 4 is 33.0 Å². The van der Waals surface area contributed by atoms with E-state index in [1.165, 1.54) is 23.5 Å². The number of nitrogens with zero attached hydrogens (tertiary/aromatic N) is 2. The summed E-state index contributed by atoms with van der Waals surface area (Å²) in [5.74, 6) is -0.0787. The van der Waals surface area contributed by atoms with Crippen molar-refractivity contribution in [1.82, 2.24) is 4.98 Å². The number of non-ortho nitro benzene ring substituents is 1. The van der Waals surface area contributed by atoms with Gasteiger partial charge in [-0.2, -0.15) is 0 Å². The topological polar surface area (TPSA) is 73.1 Å². The standard InChI is InChI=1S/C15H10N2O3S/c18-13(9-10-5-7-11(8-6-10)17(19)20)15-16-12-3-1-2-4-14(12)21-15/h1-8H,9H2. The average Bonchev–Trinajstić information content (AvgIpc) is 2.92. The Bertz CT molecular complexity index is 791. The molecule has 1 aromatic heterocycles. The summed E-state index contributed by atoms with van der Waals surface area (Å²) in [6.07, 6.45) is 0.192. The Morgan fingerprint density at radius 3 is 2.52 bits per heavy atom. The second kappa shape index (κ2) is 5.41. The quantitative estimate of drug-likeness (QED) is 0.419. The number of hydrogen-bond acceptors (Lipinski definition) is 5. The Hall–Kier alpha value is -2.60. The molecule has 0 spiro atoms. The van der Waals surface area contributed by atoms with E-state index in [4.69, 9.17) is 0 Å². The van der Waals surface area contributed by atoms with Crippen molar-refractivity contribution in [1.29, 1.82) is 0 Å². The lowest BCUT2D eigenvalue weighted by Gasteiger charge is -1.98. The van der Waals surface area contributed by atoms with Gasteiger partial charge in [0.25, 0.3) is 5.69 Å². The molecule has 0 aliphatic rings. The Kier molecular flexibility index (Phi) is 3.45. The molecule has 0 fully saturated rings. The largest absolute Gasteiger partial charge is 0.291 e. The predicted octanol–water partition coefficient (Wildman–Crippen LogP) is 3.63. The van der Waals surface area contributed by atoms with Gasteiger partial charge in [0.2, 0.25) is 0 Å². The van der Waals surface area contributed by atoms with E-state index in [0.717, 1.165) is 15.8 Å². The van der Waals surface area contributed by atoms with Crippen LogP contribution in [-0.4, -0.2) is 15.7 Å². The number of ketones is 1. The number of nitro benzene ring substituents is 1. The molecule has 0 N–H and O–H groups in total. The van der Waals surface area contributed by atoms with Crippen LogP contribution in [0, 0.1) is 10.1 Å². The number of thiazole rings is 1. The zero-order valence-corrected chi connectivity index (χ0v) is 11.7. The van der Waals surface area contributed by atoms with Crippen LogP contribution in [0.3, 0.4) is 0 Å². The maximum absolute atomic E-state index is 12.2. The average molecular weight is 298 g/mol. The van der Waals surface area contributed by atoms with Crippen LogP contribution in [0.4, 0.5) is 5.69 Å². The number of nitro groups is 1. The number of carbonyl (C=O) groups excluding carboxylic acids is 1. The van der Waals surface area contributed by atoms with Gasteiger partial charge in [-0.1, -0.05) is 24.3 Å². The second-order valence-electron chi connectivity index (χ2n) is 4.51. The molecule has 0 aliphatic heterocycles. The monoisotopic (exact) mass is 298 g/mol. The Balaban J connectivity index is 1.80. The van der Waals surface area contributed by atoms with Crippen LogP contribution < -0.4 is 0 Å². The van der Waals surface area contributed by atoms with Gasteiger partial charge in [-0.3, -0.25) is 14.9 Å². The molecule has 0 aliphatic carbocycles. The van der Waals surface area contributed by atoms with E-state index >= 15 is 0 Å². The van der Waals surface area contributed by atoms with Gasteiger partial charge in [-0.25, -0.2) is 4.98 Å². The normalized spacial score (nSPS) is 10.7. The van der Waals surface area contributed by atoms with Gasteiger partial charge < -0.3 is 0 Å². The molecule has 21 heavy (non-hydrogen) atoms. The number of aromatic nitrogens is 1. The minimum absolute atomic E-state index is 0.0196. The highest BCUT2D eigenvalue weighted by atomic mass is 32.1. The smallest absolute Gasteiger partial charge is 0.269 e. The van der Waals surface area contributed by atoms with Gasteiger partial charge in [0.05, 0.1) is 15.1 Å². The number of hydrogen-bond donors (Lipinski definition) is 0. The third kappa shape index (κ3) is 2.80. The molecule has 0 amide bonds.